The summed E-state index contributed by atoms with van der Waals surface area (Å²) in [5.41, 5.74) is 8.57. The van der Waals surface area contributed by atoms with Crippen molar-refractivity contribution in [1.82, 2.24) is 5.01 Å². The average Bonchev–Trinajstić information content (AvgIpc) is 3.29. The number of hydrogen-bond donors (Lipinski definition) is 2. The number of methoxy groups -OCH3 is 1. The lowest BCUT2D eigenvalue weighted by Crippen LogP contribution is -2.47. The van der Waals surface area contributed by atoms with Crippen molar-refractivity contribution in [3.63, 3.8) is 0 Å². The lowest BCUT2D eigenvalue weighted by atomic mass is 10.0. The molecule has 0 spiro atoms. The minimum atomic E-state index is -0.230. The highest BCUT2D eigenvalue weighted by atomic mass is 19.1. The Morgan fingerprint density at radius 1 is 1.28 bits per heavy atom. The third kappa shape index (κ3) is 2.94. The monoisotopic (exact) mass is 349 g/mol. The van der Waals surface area contributed by atoms with Crippen LogP contribution in [0.5, 0.6) is 5.75 Å². The number of rotatable bonds is 4. The van der Waals surface area contributed by atoms with Gasteiger partial charge in [0.2, 0.25) is 0 Å². The highest BCUT2D eigenvalue weighted by Crippen LogP contribution is 2.48. The third-order valence-electron chi connectivity index (χ3n) is 5.73. The lowest BCUT2D eigenvalue weighted by molar-refractivity contribution is 0.255. The highest BCUT2D eigenvalue weighted by Gasteiger charge is 2.39. The van der Waals surface area contributed by atoms with E-state index in [0.29, 0.717) is 36.6 Å². The Kier molecular flexibility index (Phi) is 4.25. The van der Waals surface area contributed by atoms with Gasteiger partial charge in [0.25, 0.3) is 0 Å². The van der Waals surface area contributed by atoms with E-state index in [0.717, 1.165) is 43.6 Å². The minimum absolute atomic E-state index is 0.116. The van der Waals surface area contributed by atoms with Gasteiger partial charge >= 0.3 is 0 Å². The van der Waals surface area contributed by atoms with Gasteiger partial charge in [0.1, 0.15) is 5.69 Å². The van der Waals surface area contributed by atoms with Crippen molar-refractivity contribution in [3.8, 4) is 5.75 Å². The van der Waals surface area contributed by atoms with Crippen LogP contribution in [0.4, 0.5) is 15.8 Å². The first-order valence-corrected chi connectivity index (χ1v) is 9.15. The van der Waals surface area contributed by atoms with Crippen molar-refractivity contribution in [2.45, 2.75) is 44.8 Å². The van der Waals surface area contributed by atoms with Crippen LogP contribution >= 0.6 is 0 Å². The van der Waals surface area contributed by atoms with E-state index in [1.807, 2.05) is 6.92 Å². The summed E-state index contributed by atoms with van der Waals surface area (Å²) >= 11 is 0. The Balaban J connectivity index is 1.77. The molecule has 2 heterocycles. The molecule has 2 aliphatic heterocycles. The number of fused-ring (bicyclic) bond motifs is 1. The highest BCUT2D eigenvalue weighted by molar-refractivity contribution is 5.78. The number of anilines is 2. The van der Waals surface area contributed by atoms with Crippen LogP contribution in [0.15, 0.2) is 6.07 Å². The normalized spacial score (nSPS) is 25.2. The molecule has 1 saturated heterocycles. The molecule has 4 N–H and O–H groups in total. The summed E-state index contributed by atoms with van der Waals surface area (Å²) < 4.78 is 20.8. The Hall–Kier alpha value is -1.57. The maximum absolute atomic E-state index is 15.0. The summed E-state index contributed by atoms with van der Waals surface area (Å²) in [5, 5.41) is 1.74. The molecular weight excluding hydrogens is 321 g/mol. The molecule has 0 unspecified atom stereocenters. The molecule has 6 nitrogen and oxygen atoms in total. The second-order valence-corrected chi connectivity index (χ2v) is 7.69. The molecule has 0 bridgehead atoms. The standard InChI is InChI=1S/C18H28FN5O/c1-11(20)12-5-6-22(8-12)17-15(19)7-13-9-23(21)10-24(14-3-4-14)16(13)18(17)25-2/h7,11-12,14H,3-6,8-10,20-21H2,1-2H3/t11-,12+/m1/s1. The molecule has 2 fully saturated rings. The molecular formula is C18H28FN5O. The van der Waals surface area contributed by atoms with Gasteiger partial charge in [0, 0.05) is 31.7 Å². The fourth-order valence-electron chi connectivity index (χ4n) is 4.22. The first-order chi connectivity index (χ1) is 12.0. The molecule has 0 radical (unpaired) electrons. The number of nitrogens with two attached hydrogens (primary N) is 2. The van der Waals surface area contributed by atoms with E-state index < -0.39 is 0 Å². The van der Waals surface area contributed by atoms with Gasteiger partial charge in [-0.25, -0.2) is 9.40 Å². The van der Waals surface area contributed by atoms with Gasteiger partial charge in [0.05, 0.1) is 19.5 Å². The van der Waals surface area contributed by atoms with Gasteiger partial charge in [-0.1, -0.05) is 0 Å². The van der Waals surface area contributed by atoms with Crippen LogP contribution in [0.25, 0.3) is 0 Å². The smallest absolute Gasteiger partial charge is 0.168 e. The van der Waals surface area contributed by atoms with Crippen molar-refractivity contribution < 1.29 is 9.13 Å². The van der Waals surface area contributed by atoms with Gasteiger partial charge in [-0.15, -0.1) is 0 Å². The Labute approximate surface area is 148 Å². The van der Waals surface area contributed by atoms with Crippen molar-refractivity contribution in [2.75, 3.05) is 36.7 Å². The minimum Gasteiger partial charge on any atom is -0.492 e. The van der Waals surface area contributed by atoms with Gasteiger partial charge in [0.15, 0.2) is 11.6 Å². The number of hydrazine groups is 1. The van der Waals surface area contributed by atoms with E-state index >= 15 is 4.39 Å². The molecule has 0 amide bonds. The predicted molar refractivity (Wildman–Crippen MR) is 97.0 cm³/mol. The van der Waals surface area contributed by atoms with Gasteiger partial charge in [-0.3, -0.25) is 5.84 Å². The molecule has 4 rings (SSSR count). The molecule has 1 aromatic rings. The maximum Gasteiger partial charge on any atom is 0.168 e. The predicted octanol–water partition coefficient (Wildman–Crippen LogP) is 1.62. The van der Waals surface area contributed by atoms with Crippen LogP contribution in [0.2, 0.25) is 0 Å². The van der Waals surface area contributed by atoms with Crippen molar-refractivity contribution >= 4 is 11.4 Å². The molecule has 7 heteroatoms. The van der Waals surface area contributed by atoms with E-state index in [2.05, 4.69) is 9.80 Å². The van der Waals surface area contributed by atoms with Crippen molar-refractivity contribution in [2.24, 2.45) is 17.5 Å². The first-order valence-electron chi connectivity index (χ1n) is 9.15. The van der Waals surface area contributed by atoms with Crippen LogP contribution in [0, 0.1) is 11.7 Å². The van der Waals surface area contributed by atoms with Gasteiger partial charge in [-0.05, 0) is 43.7 Å². The fraction of sp³-hybridized carbons (Fsp3) is 0.667. The molecule has 2 atom stereocenters. The number of nitrogens with zero attached hydrogens (tertiary/aromatic N) is 3. The third-order valence-corrected chi connectivity index (χ3v) is 5.73. The second kappa shape index (κ2) is 6.30. The summed E-state index contributed by atoms with van der Waals surface area (Å²) in [6.07, 6.45) is 3.29. The molecule has 3 aliphatic rings. The Morgan fingerprint density at radius 2 is 2.04 bits per heavy atom. The maximum atomic E-state index is 15.0. The van der Waals surface area contributed by atoms with E-state index in [4.69, 9.17) is 16.3 Å². The zero-order valence-electron chi connectivity index (χ0n) is 15.0. The number of halogens is 1. The number of hydrogen-bond acceptors (Lipinski definition) is 6. The van der Waals surface area contributed by atoms with E-state index in [-0.39, 0.29) is 11.9 Å². The van der Waals surface area contributed by atoms with Crippen LogP contribution < -0.4 is 26.1 Å². The van der Waals surface area contributed by atoms with Crippen LogP contribution in [0.3, 0.4) is 0 Å². The van der Waals surface area contributed by atoms with Gasteiger partial charge in [-0.2, -0.15) is 0 Å². The molecule has 25 heavy (non-hydrogen) atoms. The van der Waals surface area contributed by atoms with E-state index in [9.17, 15) is 0 Å². The largest absolute Gasteiger partial charge is 0.492 e. The molecule has 0 aromatic heterocycles. The SMILES string of the molecule is COc1c(N2CC[C@H]([C@@H](C)N)C2)c(F)cc2c1N(C1CC1)CN(N)C2. The summed E-state index contributed by atoms with van der Waals surface area (Å²) in [7, 11) is 1.64. The average molecular weight is 349 g/mol. The van der Waals surface area contributed by atoms with Crippen LogP contribution in [-0.4, -0.2) is 44.0 Å². The Morgan fingerprint density at radius 3 is 2.64 bits per heavy atom. The fourth-order valence-corrected chi connectivity index (χ4v) is 4.22. The summed E-state index contributed by atoms with van der Waals surface area (Å²) in [5.74, 6) is 6.87. The first kappa shape index (κ1) is 16.9. The van der Waals surface area contributed by atoms with E-state index in [1.165, 1.54) is 0 Å². The summed E-state index contributed by atoms with van der Waals surface area (Å²) in [6.45, 7) is 4.80. The second-order valence-electron chi connectivity index (χ2n) is 7.69. The van der Waals surface area contributed by atoms with Crippen molar-refractivity contribution in [1.29, 1.82) is 0 Å². The summed E-state index contributed by atoms with van der Waals surface area (Å²) in [4.78, 5) is 4.38. The van der Waals surface area contributed by atoms with E-state index in [1.54, 1.807) is 18.2 Å². The van der Waals surface area contributed by atoms with Gasteiger partial charge < -0.3 is 20.3 Å². The molecule has 1 aromatic carbocycles. The zero-order valence-corrected chi connectivity index (χ0v) is 15.0. The lowest BCUT2D eigenvalue weighted by Gasteiger charge is -2.38. The molecule has 1 saturated carbocycles. The summed E-state index contributed by atoms with van der Waals surface area (Å²) in [6, 6.07) is 2.24. The molecule has 1 aliphatic carbocycles. The zero-order chi connectivity index (χ0) is 17.7. The Bertz CT molecular complexity index is 663. The van der Waals surface area contributed by atoms with Crippen LogP contribution in [0.1, 0.15) is 31.7 Å². The van der Waals surface area contributed by atoms with Crippen molar-refractivity contribution in [3.05, 3.63) is 17.4 Å². The van der Waals surface area contributed by atoms with Crippen LogP contribution in [-0.2, 0) is 6.54 Å². The number of ether oxygens (including phenoxy) is 1. The molecule has 138 valence electrons. The number of benzene rings is 1. The topological polar surface area (TPSA) is 71.0 Å². The quantitative estimate of drug-likeness (QED) is 0.805.